The smallest absolute Gasteiger partial charge is 0.338 e. The molecule has 0 bridgehead atoms. The molecule has 0 fully saturated rings. The maximum atomic E-state index is 12.2. The molecule has 0 aliphatic rings. The Labute approximate surface area is 166 Å². The summed E-state index contributed by atoms with van der Waals surface area (Å²) in [6.45, 7) is 2.40. The number of methoxy groups -OCH3 is 1. The maximum Gasteiger partial charge on any atom is 0.338 e. The second-order valence-electron chi connectivity index (χ2n) is 5.55. The number of esters is 1. The molecule has 28 heavy (non-hydrogen) atoms. The van der Waals surface area contributed by atoms with Gasteiger partial charge in [0.25, 0.3) is 5.91 Å². The van der Waals surface area contributed by atoms with Gasteiger partial charge in [-0.1, -0.05) is 6.07 Å². The molecular formula is C19H22N2O6S. The molecular weight excluding hydrogens is 384 g/mol. The molecule has 3 amide bonds. The van der Waals surface area contributed by atoms with Gasteiger partial charge in [-0.05, 0) is 36.6 Å². The van der Waals surface area contributed by atoms with Gasteiger partial charge in [0, 0.05) is 17.0 Å². The van der Waals surface area contributed by atoms with Gasteiger partial charge in [0.15, 0.2) is 6.61 Å². The van der Waals surface area contributed by atoms with Gasteiger partial charge >= 0.3 is 12.0 Å². The Morgan fingerprint density at radius 2 is 2.00 bits per heavy atom. The topological polar surface area (TPSA) is 103 Å². The van der Waals surface area contributed by atoms with Crippen molar-refractivity contribution in [2.24, 2.45) is 0 Å². The highest BCUT2D eigenvalue weighted by atomic mass is 32.1. The number of urea groups is 1. The SMILES string of the molecule is CCOCc1cc(C(=O)OCC(=O)NC(=O)NCc2cccs2)ccc1OC. The lowest BCUT2D eigenvalue weighted by molar-refractivity contribution is -0.123. The third-order valence-corrected chi connectivity index (χ3v) is 4.44. The number of nitrogens with one attached hydrogen (secondary N) is 2. The van der Waals surface area contributed by atoms with E-state index in [-0.39, 0.29) is 12.2 Å². The molecule has 0 atom stereocenters. The molecule has 1 heterocycles. The van der Waals surface area contributed by atoms with Crippen molar-refractivity contribution in [1.29, 1.82) is 0 Å². The molecule has 0 radical (unpaired) electrons. The fourth-order valence-corrected chi connectivity index (χ4v) is 2.88. The van der Waals surface area contributed by atoms with Crippen LogP contribution in [0.4, 0.5) is 4.79 Å². The van der Waals surface area contributed by atoms with Crippen LogP contribution < -0.4 is 15.4 Å². The average molecular weight is 406 g/mol. The van der Waals surface area contributed by atoms with Crippen LogP contribution in [0.1, 0.15) is 27.7 Å². The predicted octanol–water partition coefficient (Wildman–Crippen LogP) is 2.48. The van der Waals surface area contributed by atoms with Crippen molar-refractivity contribution in [2.75, 3.05) is 20.3 Å². The Morgan fingerprint density at radius 1 is 1.18 bits per heavy atom. The first-order valence-electron chi connectivity index (χ1n) is 8.55. The third-order valence-electron chi connectivity index (χ3n) is 3.57. The molecule has 1 aromatic heterocycles. The number of rotatable bonds is 9. The Morgan fingerprint density at radius 3 is 2.68 bits per heavy atom. The molecule has 2 rings (SSSR count). The summed E-state index contributed by atoms with van der Waals surface area (Å²) in [5.74, 6) is -0.820. The van der Waals surface area contributed by atoms with E-state index in [0.717, 1.165) is 4.88 Å². The van der Waals surface area contributed by atoms with Crippen LogP contribution in [0, 0.1) is 0 Å². The zero-order valence-electron chi connectivity index (χ0n) is 15.7. The predicted molar refractivity (Wildman–Crippen MR) is 103 cm³/mol. The second-order valence-corrected chi connectivity index (χ2v) is 6.58. The molecule has 8 nitrogen and oxygen atoms in total. The first-order valence-corrected chi connectivity index (χ1v) is 9.43. The highest BCUT2D eigenvalue weighted by Crippen LogP contribution is 2.21. The van der Waals surface area contributed by atoms with Crippen molar-refractivity contribution in [1.82, 2.24) is 10.6 Å². The van der Waals surface area contributed by atoms with E-state index in [2.05, 4.69) is 10.6 Å². The van der Waals surface area contributed by atoms with Gasteiger partial charge in [-0.25, -0.2) is 9.59 Å². The van der Waals surface area contributed by atoms with Crippen LogP contribution in [-0.2, 0) is 27.4 Å². The fourth-order valence-electron chi connectivity index (χ4n) is 2.23. The van der Waals surface area contributed by atoms with Crippen molar-refractivity contribution in [3.63, 3.8) is 0 Å². The van der Waals surface area contributed by atoms with E-state index in [4.69, 9.17) is 14.2 Å². The molecule has 2 N–H and O–H groups in total. The molecule has 0 spiro atoms. The summed E-state index contributed by atoms with van der Waals surface area (Å²) >= 11 is 1.49. The number of carbonyl (C=O) groups is 3. The van der Waals surface area contributed by atoms with E-state index in [9.17, 15) is 14.4 Å². The Hall–Kier alpha value is -2.91. The molecule has 1 aromatic carbocycles. The third kappa shape index (κ3) is 6.67. The largest absolute Gasteiger partial charge is 0.496 e. The van der Waals surface area contributed by atoms with Crippen LogP contribution in [-0.4, -0.2) is 38.2 Å². The number of thiophene rings is 1. The van der Waals surface area contributed by atoms with Gasteiger partial charge in [-0.3, -0.25) is 10.1 Å². The molecule has 150 valence electrons. The van der Waals surface area contributed by atoms with Gasteiger partial charge in [-0.15, -0.1) is 11.3 Å². The Bertz CT molecular complexity index is 807. The number of carbonyl (C=O) groups excluding carboxylic acids is 3. The van der Waals surface area contributed by atoms with E-state index in [1.165, 1.54) is 24.5 Å². The summed E-state index contributed by atoms with van der Waals surface area (Å²) in [5.41, 5.74) is 0.946. The zero-order chi connectivity index (χ0) is 20.4. The van der Waals surface area contributed by atoms with Crippen LogP contribution >= 0.6 is 11.3 Å². The van der Waals surface area contributed by atoms with Crippen molar-refractivity contribution in [3.05, 3.63) is 51.7 Å². The van der Waals surface area contributed by atoms with Crippen LogP contribution in [0.5, 0.6) is 5.75 Å². The fraction of sp³-hybridized carbons (Fsp3) is 0.316. The summed E-state index contributed by atoms with van der Waals surface area (Å²) in [7, 11) is 1.52. The van der Waals surface area contributed by atoms with E-state index in [0.29, 0.717) is 24.5 Å². The summed E-state index contributed by atoms with van der Waals surface area (Å²) in [4.78, 5) is 36.6. The van der Waals surface area contributed by atoms with E-state index in [1.807, 2.05) is 24.4 Å². The van der Waals surface area contributed by atoms with Crippen molar-refractivity contribution < 1.29 is 28.6 Å². The van der Waals surface area contributed by atoms with Crippen molar-refractivity contribution >= 4 is 29.2 Å². The summed E-state index contributed by atoms with van der Waals surface area (Å²) in [6.07, 6.45) is 0. The molecule has 0 saturated heterocycles. The summed E-state index contributed by atoms with van der Waals surface area (Å²) in [6, 6.07) is 7.82. The monoisotopic (exact) mass is 406 g/mol. The van der Waals surface area contributed by atoms with E-state index >= 15 is 0 Å². The van der Waals surface area contributed by atoms with Gasteiger partial charge < -0.3 is 19.5 Å². The molecule has 0 aliphatic carbocycles. The molecule has 0 aliphatic heterocycles. The zero-order valence-corrected chi connectivity index (χ0v) is 16.5. The molecule has 0 unspecified atom stereocenters. The molecule has 9 heteroatoms. The van der Waals surface area contributed by atoms with Crippen LogP contribution in [0.3, 0.4) is 0 Å². The molecule has 2 aromatic rings. The normalized spacial score (nSPS) is 10.2. The first kappa shape index (κ1) is 21.4. The van der Waals surface area contributed by atoms with Gasteiger partial charge in [0.2, 0.25) is 0 Å². The number of imide groups is 1. The highest BCUT2D eigenvalue weighted by Gasteiger charge is 2.14. The van der Waals surface area contributed by atoms with Crippen molar-refractivity contribution in [2.45, 2.75) is 20.1 Å². The molecule has 0 saturated carbocycles. The van der Waals surface area contributed by atoms with Gasteiger partial charge in [0.05, 0.1) is 25.8 Å². The van der Waals surface area contributed by atoms with Crippen LogP contribution in [0.15, 0.2) is 35.7 Å². The maximum absolute atomic E-state index is 12.2. The minimum Gasteiger partial charge on any atom is -0.496 e. The van der Waals surface area contributed by atoms with E-state index in [1.54, 1.807) is 12.1 Å². The quantitative estimate of drug-likeness (QED) is 0.620. The standard InChI is InChI=1S/C19H22N2O6S/c1-3-26-11-14-9-13(6-7-16(14)25-2)18(23)27-12-17(22)21-19(24)20-10-15-5-4-8-28-15/h4-9H,3,10-12H2,1-2H3,(H2,20,21,22,24). The van der Waals surface area contributed by atoms with Crippen LogP contribution in [0.2, 0.25) is 0 Å². The minimum absolute atomic E-state index is 0.255. The number of hydrogen-bond donors (Lipinski definition) is 2. The Balaban J connectivity index is 1.81. The van der Waals surface area contributed by atoms with Crippen LogP contribution in [0.25, 0.3) is 0 Å². The summed E-state index contributed by atoms with van der Waals surface area (Å²) in [5, 5.41) is 6.54. The first-order chi connectivity index (χ1) is 13.5. The average Bonchev–Trinajstić information content (AvgIpc) is 3.22. The summed E-state index contributed by atoms with van der Waals surface area (Å²) < 4.78 is 15.5. The lowest BCUT2D eigenvalue weighted by Gasteiger charge is -2.11. The minimum atomic E-state index is -0.722. The van der Waals surface area contributed by atoms with Gasteiger partial charge in [-0.2, -0.15) is 0 Å². The van der Waals surface area contributed by atoms with E-state index < -0.39 is 24.5 Å². The number of amides is 3. The lowest BCUT2D eigenvalue weighted by atomic mass is 10.1. The number of ether oxygens (including phenoxy) is 3. The highest BCUT2D eigenvalue weighted by molar-refractivity contribution is 7.09. The van der Waals surface area contributed by atoms with Crippen molar-refractivity contribution in [3.8, 4) is 5.75 Å². The van der Waals surface area contributed by atoms with Gasteiger partial charge in [0.1, 0.15) is 5.75 Å². The number of benzene rings is 1. The second kappa shape index (κ2) is 11.1. The lowest BCUT2D eigenvalue weighted by Crippen LogP contribution is -2.41. The Kier molecular flexibility index (Phi) is 8.44. The number of hydrogen-bond acceptors (Lipinski definition) is 7.